The molecule has 0 N–H and O–H groups in total. The Kier molecular flexibility index (Phi) is 4.89. The predicted octanol–water partition coefficient (Wildman–Crippen LogP) is 2.96. The Hall–Kier alpha value is -0.760. The van der Waals surface area contributed by atoms with Gasteiger partial charge >= 0.3 is 0 Å². The van der Waals surface area contributed by atoms with Crippen LogP contribution in [0.4, 0.5) is 0 Å². The molecule has 1 aromatic carbocycles. The molecule has 1 aromatic rings. The maximum atomic E-state index is 11.2. The Labute approximate surface area is 91.6 Å². The first-order valence-electron chi connectivity index (χ1n) is 4.88. The Morgan fingerprint density at radius 3 is 2.40 bits per heavy atom. The molecule has 3 nitrogen and oxygen atoms in total. The molecule has 1 rings (SSSR count). The molecule has 0 aliphatic rings. The molecule has 0 unspecified atom stereocenters. The Morgan fingerprint density at radius 1 is 1.33 bits per heavy atom. The van der Waals surface area contributed by atoms with Gasteiger partial charge in [-0.3, -0.25) is 4.57 Å². The minimum absolute atomic E-state index is 0.211. The largest absolute Gasteiger partial charge is 0.337 e. The number of hydrogen-bond acceptors (Lipinski definition) is 3. The monoisotopic (exact) mass is 225 g/mol. The van der Waals surface area contributed by atoms with E-state index in [1.165, 1.54) is 0 Å². The third-order valence-corrected chi connectivity index (χ3v) is 2.59. The zero-order chi connectivity index (χ0) is 11.1. The highest BCUT2D eigenvalue weighted by Crippen LogP contribution is 2.37. The second kappa shape index (κ2) is 5.96. The first kappa shape index (κ1) is 12.3. The summed E-state index contributed by atoms with van der Waals surface area (Å²) in [5, 5.41) is 0. The maximum absolute atomic E-state index is 11.2. The fourth-order valence-electron chi connectivity index (χ4n) is 1.28. The van der Waals surface area contributed by atoms with Crippen LogP contribution in [-0.4, -0.2) is 13.2 Å². The minimum Gasteiger partial charge on any atom is -0.337 e. The van der Waals surface area contributed by atoms with E-state index in [2.05, 4.69) is 6.07 Å². The van der Waals surface area contributed by atoms with Gasteiger partial charge in [0.05, 0.1) is 0 Å². The van der Waals surface area contributed by atoms with E-state index in [0.717, 1.165) is 0 Å². The maximum Gasteiger partial charge on any atom is 0.279 e. The first-order valence-corrected chi connectivity index (χ1v) is 5.70. The average molecular weight is 225 g/mol. The molecule has 1 radical (unpaired) electrons. The van der Waals surface area contributed by atoms with Crippen molar-refractivity contribution in [2.24, 2.45) is 0 Å². The minimum atomic E-state index is -1.20. The molecule has 0 aromatic heterocycles. The van der Waals surface area contributed by atoms with Gasteiger partial charge in [-0.1, -0.05) is 24.3 Å². The molecule has 4 heteroatoms. The van der Waals surface area contributed by atoms with Crippen molar-refractivity contribution in [1.29, 1.82) is 0 Å². The summed E-state index contributed by atoms with van der Waals surface area (Å²) in [5.41, 5.74) is -0.560. The van der Waals surface area contributed by atoms with Crippen molar-refractivity contribution in [2.45, 2.75) is 19.4 Å². The highest BCUT2D eigenvalue weighted by Gasteiger charge is 2.35. The second-order valence-electron chi connectivity index (χ2n) is 2.82. The summed E-state index contributed by atoms with van der Waals surface area (Å²) in [6.45, 7) is 4.53. The van der Waals surface area contributed by atoms with E-state index in [1.807, 2.05) is 26.0 Å². The van der Waals surface area contributed by atoms with Crippen molar-refractivity contribution in [3.05, 3.63) is 35.9 Å². The molecule has 0 atom stereocenters. The van der Waals surface area contributed by atoms with Crippen molar-refractivity contribution in [3.8, 4) is 0 Å². The lowest BCUT2D eigenvalue weighted by Crippen LogP contribution is -2.27. The number of hydrogen-bond donors (Lipinski definition) is 0. The molecule has 0 aliphatic carbocycles. The van der Waals surface area contributed by atoms with Crippen molar-refractivity contribution in [2.75, 3.05) is 13.2 Å². The van der Waals surface area contributed by atoms with E-state index in [0.29, 0.717) is 18.8 Å². The molecule has 0 aliphatic heterocycles. The van der Waals surface area contributed by atoms with Crippen LogP contribution in [0.25, 0.3) is 0 Å². The lowest BCUT2D eigenvalue weighted by molar-refractivity contribution is -0.176. The van der Waals surface area contributed by atoms with Crippen LogP contribution in [0.5, 0.6) is 0 Å². The summed E-state index contributed by atoms with van der Waals surface area (Å²) in [4.78, 5) is 0. The third-order valence-electron chi connectivity index (χ3n) is 1.85. The van der Waals surface area contributed by atoms with Gasteiger partial charge in [-0.2, -0.15) is 0 Å². The summed E-state index contributed by atoms with van der Waals surface area (Å²) in [6, 6.07) is 10.2. The topological polar surface area (TPSA) is 35.5 Å². The SMILES string of the molecule is CCOC(OCC)(P=O)c1[c]cccc1. The molecule has 0 spiro atoms. The van der Waals surface area contributed by atoms with Gasteiger partial charge in [-0.25, -0.2) is 0 Å². The van der Waals surface area contributed by atoms with Crippen LogP contribution < -0.4 is 0 Å². The zero-order valence-electron chi connectivity index (χ0n) is 8.90. The molecule has 0 heterocycles. The van der Waals surface area contributed by atoms with E-state index in [-0.39, 0.29) is 8.46 Å². The zero-order valence-corrected chi connectivity index (χ0v) is 9.79. The number of ether oxygens (including phenoxy) is 2. The van der Waals surface area contributed by atoms with Gasteiger partial charge in [0.25, 0.3) is 5.53 Å². The first-order chi connectivity index (χ1) is 7.29. The third kappa shape index (κ3) is 2.85. The van der Waals surface area contributed by atoms with Crippen LogP contribution in [0.2, 0.25) is 0 Å². The number of benzene rings is 1. The molecule has 0 amide bonds. The second-order valence-corrected chi connectivity index (χ2v) is 3.59. The van der Waals surface area contributed by atoms with Gasteiger partial charge in [0, 0.05) is 18.8 Å². The van der Waals surface area contributed by atoms with Gasteiger partial charge in [0.15, 0.2) is 0 Å². The summed E-state index contributed by atoms with van der Waals surface area (Å²) >= 11 is 0. The van der Waals surface area contributed by atoms with Crippen molar-refractivity contribution in [3.63, 3.8) is 0 Å². The van der Waals surface area contributed by atoms with E-state index in [1.54, 1.807) is 12.1 Å². The Balaban J connectivity index is 3.03. The van der Waals surface area contributed by atoms with Crippen molar-refractivity contribution < 1.29 is 14.0 Å². The van der Waals surface area contributed by atoms with Gasteiger partial charge < -0.3 is 9.47 Å². The van der Waals surface area contributed by atoms with E-state index >= 15 is 0 Å². The molecule has 0 saturated heterocycles. The summed E-state index contributed by atoms with van der Waals surface area (Å²) in [5.74, 6) is 0. The molecule has 0 fully saturated rings. The van der Waals surface area contributed by atoms with E-state index in [4.69, 9.17) is 9.47 Å². The van der Waals surface area contributed by atoms with Crippen molar-refractivity contribution >= 4 is 8.46 Å². The standard InChI is InChI=1S/C11H14O3P/c1-3-13-11(15-12,14-4-2)10-8-6-5-7-9-10/h5-8H,3-4H2,1-2H3. The summed E-state index contributed by atoms with van der Waals surface area (Å²) < 4.78 is 22.1. The van der Waals surface area contributed by atoms with Gasteiger partial charge in [0.1, 0.15) is 0 Å². The van der Waals surface area contributed by atoms with E-state index in [9.17, 15) is 4.57 Å². The molecule has 0 saturated carbocycles. The summed E-state index contributed by atoms with van der Waals surface area (Å²) in [6.07, 6.45) is 0. The highest BCUT2D eigenvalue weighted by atomic mass is 31.1. The van der Waals surface area contributed by atoms with Crippen LogP contribution >= 0.6 is 8.46 Å². The highest BCUT2D eigenvalue weighted by molar-refractivity contribution is 7.24. The van der Waals surface area contributed by atoms with Crippen LogP contribution in [0.3, 0.4) is 0 Å². The molecular formula is C11H14O3P. The van der Waals surface area contributed by atoms with Crippen LogP contribution in [0, 0.1) is 6.07 Å². The smallest absolute Gasteiger partial charge is 0.279 e. The van der Waals surface area contributed by atoms with Gasteiger partial charge in [-0.05, 0) is 19.9 Å². The molecule has 15 heavy (non-hydrogen) atoms. The quantitative estimate of drug-likeness (QED) is 0.551. The molecular weight excluding hydrogens is 211 g/mol. The predicted molar refractivity (Wildman–Crippen MR) is 57.8 cm³/mol. The fourth-order valence-corrected chi connectivity index (χ4v) is 1.88. The Morgan fingerprint density at radius 2 is 2.00 bits per heavy atom. The normalized spacial score (nSPS) is 11.9. The molecule has 81 valence electrons. The van der Waals surface area contributed by atoms with Gasteiger partial charge in [-0.15, -0.1) is 0 Å². The lowest BCUT2D eigenvalue weighted by atomic mass is 10.2. The van der Waals surface area contributed by atoms with Crippen molar-refractivity contribution in [1.82, 2.24) is 0 Å². The summed E-state index contributed by atoms with van der Waals surface area (Å²) in [7, 11) is -0.211. The van der Waals surface area contributed by atoms with Gasteiger partial charge in [0.2, 0.25) is 8.46 Å². The lowest BCUT2D eigenvalue weighted by Gasteiger charge is -2.26. The van der Waals surface area contributed by atoms with Crippen LogP contribution in [0.1, 0.15) is 19.4 Å². The Bertz CT molecular complexity index is 294. The number of rotatable bonds is 6. The van der Waals surface area contributed by atoms with E-state index < -0.39 is 5.53 Å². The average Bonchev–Trinajstić information content (AvgIpc) is 2.30. The molecule has 0 bridgehead atoms. The fraction of sp³-hybridized carbons (Fsp3) is 0.455. The van der Waals surface area contributed by atoms with Crippen LogP contribution in [-0.2, 0) is 19.6 Å². The van der Waals surface area contributed by atoms with Crippen LogP contribution in [0.15, 0.2) is 24.3 Å².